The largest absolute Gasteiger partial charge is 0.493 e. The van der Waals surface area contributed by atoms with E-state index >= 15 is 0 Å². The molecule has 2 heterocycles. The summed E-state index contributed by atoms with van der Waals surface area (Å²) in [4.78, 5) is 19.4. The van der Waals surface area contributed by atoms with Gasteiger partial charge in [0, 0.05) is 32.8 Å². The third-order valence-corrected chi connectivity index (χ3v) is 5.43. The Hall–Kier alpha value is -4.32. The molecule has 0 aliphatic carbocycles. The number of carbonyl (C=O) groups is 1. The van der Waals surface area contributed by atoms with E-state index in [1.54, 1.807) is 25.3 Å². The molecular formula is C26H23F4N5O3. The van der Waals surface area contributed by atoms with Gasteiger partial charge in [-0.05, 0) is 53.1 Å². The monoisotopic (exact) mass is 529 g/mol. The molecule has 2 aromatic heterocycles. The van der Waals surface area contributed by atoms with Gasteiger partial charge in [0.05, 0.1) is 12.2 Å². The Balaban J connectivity index is 1.53. The van der Waals surface area contributed by atoms with Gasteiger partial charge in [0.25, 0.3) is 5.91 Å². The van der Waals surface area contributed by atoms with Crippen LogP contribution in [-0.2, 0) is 17.3 Å². The number of nitrogens with zero attached hydrogens (tertiary/aromatic N) is 3. The number of hydrogen-bond donors (Lipinski definition) is 2. The fourth-order valence-electron chi connectivity index (χ4n) is 3.64. The van der Waals surface area contributed by atoms with Gasteiger partial charge < -0.3 is 19.8 Å². The molecule has 0 unspecified atom stereocenters. The zero-order valence-corrected chi connectivity index (χ0v) is 20.2. The third-order valence-electron chi connectivity index (χ3n) is 5.43. The standard InChI is InChI=1S/C26H23F4N5O3/c1-37-11-4-12-38-18-7-8-20(26(28,29)30)19(15-18)16-9-10-31-22(13-16)33-25(36)24-32-23(34-35-24)14-17-5-2-3-6-21(17)27/h2-3,5-10,13,15H,4,11-12,14H2,1H3,(H,31,33,36)(H,32,34,35). The Kier molecular flexibility index (Phi) is 8.31. The number of methoxy groups -OCH3 is 1. The Morgan fingerprint density at radius 1 is 1.05 bits per heavy atom. The zero-order valence-electron chi connectivity index (χ0n) is 20.2. The number of aromatic nitrogens is 4. The van der Waals surface area contributed by atoms with Gasteiger partial charge in [-0.3, -0.25) is 4.79 Å². The molecule has 1 amide bonds. The van der Waals surface area contributed by atoms with Crippen LogP contribution in [0, 0.1) is 5.82 Å². The second kappa shape index (κ2) is 11.8. The number of pyridine rings is 1. The van der Waals surface area contributed by atoms with Gasteiger partial charge in [0.1, 0.15) is 23.2 Å². The molecule has 2 N–H and O–H groups in total. The van der Waals surface area contributed by atoms with E-state index in [9.17, 15) is 22.4 Å². The first kappa shape index (κ1) is 26.7. The SMILES string of the molecule is COCCCOc1ccc(C(F)(F)F)c(-c2ccnc(NC(=O)c3nnc(Cc4ccccc4F)[nH]3)c2)c1. The average molecular weight is 529 g/mol. The predicted molar refractivity (Wildman–Crippen MR) is 130 cm³/mol. The van der Waals surface area contributed by atoms with Crippen LogP contribution in [0.4, 0.5) is 23.4 Å². The minimum atomic E-state index is -4.62. The lowest BCUT2D eigenvalue weighted by Gasteiger charge is -2.16. The van der Waals surface area contributed by atoms with Crippen LogP contribution in [0.1, 0.15) is 34.0 Å². The predicted octanol–water partition coefficient (Wildman–Crippen LogP) is 5.28. The first-order valence-electron chi connectivity index (χ1n) is 11.5. The van der Waals surface area contributed by atoms with Crippen LogP contribution in [0.3, 0.4) is 0 Å². The Labute approximate surface area is 215 Å². The molecule has 0 radical (unpaired) electrons. The summed E-state index contributed by atoms with van der Waals surface area (Å²) in [7, 11) is 1.54. The molecule has 0 atom stereocenters. The van der Waals surface area contributed by atoms with E-state index < -0.39 is 23.5 Å². The first-order chi connectivity index (χ1) is 18.2. The summed E-state index contributed by atoms with van der Waals surface area (Å²) in [5.41, 5.74) is -0.456. The van der Waals surface area contributed by atoms with Gasteiger partial charge in [-0.2, -0.15) is 13.2 Å². The normalized spacial score (nSPS) is 11.4. The van der Waals surface area contributed by atoms with Gasteiger partial charge >= 0.3 is 6.18 Å². The van der Waals surface area contributed by atoms with Crippen molar-refractivity contribution < 1.29 is 31.8 Å². The van der Waals surface area contributed by atoms with Crippen molar-refractivity contribution in [2.24, 2.45) is 0 Å². The lowest BCUT2D eigenvalue weighted by molar-refractivity contribution is -0.137. The molecule has 0 aliphatic rings. The highest BCUT2D eigenvalue weighted by Gasteiger charge is 2.34. The number of rotatable bonds is 10. The quantitative estimate of drug-likeness (QED) is 0.214. The van der Waals surface area contributed by atoms with Crippen LogP contribution in [0.25, 0.3) is 11.1 Å². The summed E-state index contributed by atoms with van der Waals surface area (Å²) in [5.74, 6) is -0.772. The van der Waals surface area contributed by atoms with Gasteiger partial charge in [0.15, 0.2) is 0 Å². The fraction of sp³-hybridized carbons (Fsp3) is 0.231. The Morgan fingerprint density at radius 3 is 2.63 bits per heavy atom. The smallest absolute Gasteiger partial charge is 0.417 e. The van der Waals surface area contributed by atoms with E-state index in [-0.39, 0.29) is 47.4 Å². The van der Waals surface area contributed by atoms with Crippen LogP contribution < -0.4 is 10.1 Å². The number of amides is 1. The molecule has 0 saturated heterocycles. The molecule has 0 saturated carbocycles. The number of ether oxygens (including phenoxy) is 2. The molecule has 8 nitrogen and oxygen atoms in total. The maximum absolute atomic E-state index is 13.9. The van der Waals surface area contributed by atoms with Crippen molar-refractivity contribution in [3.63, 3.8) is 0 Å². The molecule has 4 rings (SSSR count). The van der Waals surface area contributed by atoms with Crippen molar-refractivity contribution in [1.82, 2.24) is 20.2 Å². The number of alkyl halides is 3. The van der Waals surface area contributed by atoms with Crippen LogP contribution in [0.2, 0.25) is 0 Å². The summed E-state index contributed by atoms with van der Waals surface area (Å²) in [6.07, 6.45) is -2.68. The van der Waals surface area contributed by atoms with Crippen LogP contribution in [0.5, 0.6) is 5.75 Å². The summed E-state index contributed by atoms with van der Waals surface area (Å²) >= 11 is 0. The van der Waals surface area contributed by atoms with E-state index in [0.717, 1.165) is 6.07 Å². The molecule has 12 heteroatoms. The topological polar surface area (TPSA) is 102 Å². The highest BCUT2D eigenvalue weighted by atomic mass is 19.4. The zero-order chi connectivity index (χ0) is 27.1. The molecule has 0 aliphatic heterocycles. The molecule has 38 heavy (non-hydrogen) atoms. The van der Waals surface area contributed by atoms with Gasteiger partial charge in [-0.25, -0.2) is 9.37 Å². The molecular weight excluding hydrogens is 506 g/mol. The van der Waals surface area contributed by atoms with Crippen LogP contribution in [0.15, 0.2) is 60.8 Å². The summed E-state index contributed by atoms with van der Waals surface area (Å²) in [5, 5.41) is 10.1. The van der Waals surface area contributed by atoms with Crippen molar-refractivity contribution in [2.45, 2.75) is 19.0 Å². The first-order valence-corrected chi connectivity index (χ1v) is 11.5. The number of benzene rings is 2. The molecule has 0 spiro atoms. The maximum atomic E-state index is 13.9. The number of carbonyl (C=O) groups excluding carboxylic acids is 1. The van der Waals surface area contributed by atoms with E-state index in [1.165, 1.54) is 36.5 Å². The van der Waals surface area contributed by atoms with Crippen molar-refractivity contribution >= 4 is 11.7 Å². The molecule has 2 aromatic carbocycles. The number of anilines is 1. The molecule has 198 valence electrons. The third kappa shape index (κ3) is 6.71. The second-order valence-electron chi connectivity index (χ2n) is 8.17. The molecule has 4 aromatic rings. The number of hydrogen-bond acceptors (Lipinski definition) is 6. The maximum Gasteiger partial charge on any atom is 0.417 e. The van der Waals surface area contributed by atoms with E-state index in [2.05, 4.69) is 25.5 Å². The Morgan fingerprint density at radius 2 is 1.87 bits per heavy atom. The lowest BCUT2D eigenvalue weighted by atomic mass is 9.99. The number of aromatic amines is 1. The van der Waals surface area contributed by atoms with Crippen LogP contribution >= 0.6 is 0 Å². The summed E-state index contributed by atoms with van der Waals surface area (Å²) in [6, 6.07) is 12.3. The van der Waals surface area contributed by atoms with E-state index in [1.807, 2.05) is 0 Å². The van der Waals surface area contributed by atoms with E-state index in [4.69, 9.17) is 9.47 Å². The summed E-state index contributed by atoms with van der Waals surface area (Å²) < 4.78 is 65.7. The van der Waals surface area contributed by atoms with E-state index in [0.29, 0.717) is 18.6 Å². The van der Waals surface area contributed by atoms with Crippen LogP contribution in [-0.4, -0.2) is 46.4 Å². The highest BCUT2D eigenvalue weighted by Crippen LogP contribution is 2.39. The highest BCUT2D eigenvalue weighted by molar-refractivity contribution is 6.01. The number of H-pyrrole nitrogens is 1. The van der Waals surface area contributed by atoms with Crippen molar-refractivity contribution in [3.8, 4) is 16.9 Å². The van der Waals surface area contributed by atoms with Gasteiger partial charge in [0.2, 0.25) is 5.82 Å². The minimum absolute atomic E-state index is 0.000839. The molecule has 0 fully saturated rings. The number of nitrogens with one attached hydrogen (secondary N) is 2. The molecule has 0 bridgehead atoms. The van der Waals surface area contributed by atoms with Crippen molar-refractivity contribution in [2.75, 3.05) is 25.6 Å². The van der Waals surface area contributed by atoms with Gasteiger partial charge in [-0.15, -0.1) is 10.2 Å². The average Bonchev–Trinajstić information content (AvgIpc) is 3.36. The van der Waals surface area contributed by atoms with Gasteiger partial charge in [-0.1, -0.05) is 18.2 Å². The summed E-state index contributed by atoms with van der Waals surface area (Å²) in [6.45, 7) is 0.725. The fourth-order valence-corrected chi connectivity index (χ4v) is 3.64. The lowest BCUT2D eigenvalue weighted by Crippen LogP contribution is -2.15. The second-order valence-corrected chi connectivity index (χ2v) is 8.17. The minimum Gasteiger partial charge on any atom is -0.493 e. The van der Waals surface area contributed by atoms with Crippen molar-refractivity contribution in [3.05, 3.63) is 89.4 Å². The van der Waals surface area contributed by atoms with Crippen molar-refractivity contribution in [1.29, 1.82) is 0 Å². The Bertz CT molecular complexity index is 1410. The number of halogens is 4.